The highest BCUT2D eigenvalue weighted by molar-refractivity contribution is 5.80. The van der Waals surface area contributed by atoms with Crippen molar-refractivity contribution >= 4 is 23.6 Å². The molecule has 59 heavy (non-hydrogen) atoms. The molecule has 0 aliphatic rings. The summed E-state index contributed by atoms with van der Waals surface area (Å²) in [5.74, 6) is 1.33. The number of methoxy groups -OCH3 is 2. The number of aromatic hydroxyl groups is 1. The summed E-state index contributed by atoms with van der Waals surface area (Å²) in [5, 5.41) is 15.7. The van der Waals surface area contributed by atoms with Gasteiger partial charge in [-0.15, -0.1) is 0 Å². The lowest BCUT2D eigenvalue weighted by Crippen LogP contribution is -2.33. The summed E-state index contributed by atoms with van der Waals surface area (Å²) in [4.78, 5) is 41.6. The molecule has 0 aliphatic carbocycles. The zero-order valence-electron chi connectivity index (χ0n) is 32.6. The number of anilines is 2. The zero-order chi connectivity index (χ0) is 41.2. The van der Waals surface area contributed by atoms with Gasteiger partial charge in [0.1, 0.15) is 54.5 Å². The van der Waals surface area contributed by atoms with Crippen molar-refractivity contribution in [2.45, 2.75) is 31.5 Å². The molecule has 0 amide bonds. The standard InChI is InChI=1S/C27H25N3O3.C20H19N3O3/c1-32-27(31)25(16-20-8-4-2-5-9-20)30-26-17-24(28-19-29-26)22-12-14-23(15-13-22)33-18-21-10-6-3-7-11-21;1-26-20(25)18(11-14-5-3-2-4-6-14)23-19-12-17(21-13-22-19)15-7-9-16(24)10-8-15/h2-15,17,19,25H,16,18H2,1H3,(H,28,29,30);2-10,12-13,18,24H,11H2,1H3,(H,21,22,23). The average molecular weight is 789 g/mol. The molecule has 3 N–H and O–H groups in total. The van der Waals surface area contributed by atoms with Crippen LogP contribution in [0.25, 0.3) is 22.5 Å². The van der Waals surface area contributed by atoms with Crippen LogP contribution in [0.15, 0.2) is 164 Å². The number of ether oxygens (including phenoxy) is 3. The Hall–Kier alpha value is -7.60. The number of nitrogens with one attached hydrogen (secondary N) is 2. The molecule has 7 aromatic rings. The molecule has 0 spiro atoms. The first-order valence-electron chi connectivity index (χ1n) is 18.8. The minimum absolute atomic E-state index is 0.190. The van der Waals surface area contributed by atoms with Gasteiger partial charge in [-0.2, -0.15) is 0 Å². The Kier molecular flexibility index (Phi) is 14.7. The Labute approximate surface area is 343 Å². The maximum atomic E-state index is 12.3. The van der Waals surface area contributed by atoms with Crippen LogP contribution < -0.4 is 15.4 Å². The van der Waals surface area contributed by atoms with Crippen LogP contribution >= 0.6 is 0 Å². The van der Waals surface area contributed by atoms with E-state index in [9.17, 15) is 14.7 Å². The summed E-state index contributed by atoms with van der Waals surface area (Å²) < 4.78 is 15.8. The third-order valence-electron chi connectivity index (χ3n) is 9.08. The molecule has 0 radical (unpaired) electrons. The van der Waals surface area contributed by atoms with Gasteiger partial charge in [0.15, 0.2) is 0 Å². The van der Waals surface area contributed by atoms with Gasteiger partial charge < -0.3 is 30.0 Å². The Bertz CT molecular complexity index is 2370. The summed E-state index contributed by atoms with van der Waals surface area (Å²) in [7, 11) is 2.75. The number of esters is 2. The molecule has 298 valence electrons. The van der Waals surface area contributed by atoms with Gasteiger partial charge >= 0.3 is 11.9 Å². The first kappa shape index (κ1) is 41.0. The molecule has 0 fully saturated rings. The van der Waals surface area contributed by atoms with E-state index in [1.807, 2.05) is 121 Å². The normalized spacial score (nSPS) is 11.5. The second-order valence-corrected chi connectivity index (χ2v) is 13.2. The first-order chi connectivity index (χ1) is 28.9. The Morgan fingerprint density at radius 1 is 0.542 bits per heavy atom. The Morgan fingerprint density at radius 2 is 0.949 bits per heavy atom. The van der Waals surface area contributed by atoms with Crippen molar-refractivity contribution in [3.63, 3.8) is 0 Å². The van der Waals surface area contributed by atoms with Gasteiger partial charge in [-0.25, -0.2) is 29.5 Å². The lowest BCUT2D eigenvalue weighted by Gasteiger charge is -2.17. The topological polar surface area (TPSA) is 158 Å². The van der Waals surface area contributed by atoms with Gasteiger partial charge in [0, 0.05) is 36.1 Å². The average Bonchev–Trinajstić information content (AvgIpc) is 3.29. The van der Waals surface area contributed by atoms with Gasteiger partial charge in [-0.3, -0.25) is 0 Å². The molecule has 0 aliphatic heterocycles. The minimum Gasteiger partial charge on any atom is -0.508 e. The third-order valence-corrected chi connectivity index (χ3v) is 9.08. The summed E-state index contributed by atoms with van der Waals surface area (Å²) in [6.45, 7) is 0.512. The van der Waals surface area contributed by atoms with E-state index in [1.165, 1.54) is 26.9 Å². The van der Waals surface area contributed by atoms with E-state index in [1.54, 1.807) is 30.3 Å². The van der Waals surface area contributed by atoms with Crippen molar-refractivity contribution < 1.29 is 28.9 Å². The predicted octanol–water partition coefficient (Wildman–Crippen LogP) is 7.96. The number of phenols is 1. The van der Waals surface area contributed by atoms with Crippen molar-refractivity contribution in [3.05, 3.63) is 181 Å². The molecular weight excluding hydrogens is 745 g/mol. The van der Waals surface area contributed by atoms with E-state index in [-0.39, 0.29) is 17.7 Å². The molecule has 0 bridgehead atoms. The van der Waals surface area contributed by atoms with Gasteiger partial charge in [-0.05, 0) is 65.2 Å². The first-order valence-corrected chi connectivity index (χ1v) is 18.8. The fraction of sp³-hybridized carbons (Fsp3) is 0.149. The van der Waals surface area contributed by atoms with Crippen molar-refractivity contribution in [1.82, 2.24) is 19.9 Å². The van der Waals surface area contributed by atoms with E-state index < -0.39 is 12.1 Å². The maximum Gasteiger partial charge on any atom is 0.328 e. The van der Waals surface area contributed by atoms with E-state index in [0.29, 0.717) is 36.8 Å². The zero-order valence-corrected chi connectivity index (χ0v) is 32.6. The van der Waals surface area contributed by atoms with Crippen LogP contribution in [0.2, 0.25) is 0 Å². The second-order valence-electron chi connectivity index (χ2n) is 13.2. The summed E-state index contributed by atoms with van der Waals surface area (Å²) in [6.07, 6.45) is 3.88. The molecule has 2 aromatic heterocycles. The molecule has 5 aromatic carbocycles. The van der Waals surface area contributed by atoms with E-state index in [2.05, 4.69) is 30.6 Å². The van der Waals surface area contributed by atoms with Crippen LogP contribution in [0.1, 0.15) is 16.7 Å². The van der Waals surface area contributed by atoms with Crippen LogP contribution in [-0.4, -0.2) is 63.3 Å². The number of aromatic nitrogens is 4. The number of hydrogen-bond donors (Lipinski definition) is 3. The van der Waals surface area contributed by atoms with Gasteiger partial charge in [-0.1, -0.05) is 91.0 Å². The quantitative estimate of drug-likeness (QED) is 0.0863. The van der Waals surface area contributed by atoms with Crippen LogP contribution in [-0.2, 0) is 38.5 Å². The minimum atomic E-state index is -0.565. The smallest absolute Gasteiger partial charge is 0.328 e. The van der Waals surface area contributed by atoms with E-state index >= 15 is 0 Å². The lowest BCUT2D eigenvalue weighted by atomic mass is 10.1. The second kappa shape index (κ2) is 21.1. The highest BCUT2D eigenvalue weighted by Crippen LogP contribution is 2.24. The number of benzene rings is 5. The molecule has 0 saturated heterocycles. The van der Waals surface area contributed by atoms with Gasteiger partial charge in [0.2, 0.25) is 0 Å². The molecule has 0 saturated carbocycles. The number of carbonyl (C=O) groups excluding carboxylic acids is 2. The Balaban J connectivity index is 0.000000204. The summed E-state index contributed by atoms with van der Waals surface area (Å²) >= 11 is 0. The number of phenolic OH excluding ortho intramolecular Hbond substituents is 1. The lowest BCUT2D eigenvalue weighted by molar-refractivity contribution is -0.142. The number of nitrogens with zero attached hydrogens (tertiary/aromatic N) is 4. The van der Waals surface area contributed by atoms with E-state index in [0.717, 1.165) is 39.3 Å². The van der Waals surface area contributed by atoms with E-state index in [4.69, 9.17) is 14.2 Å². The van der Waals surface area contributed by atoms with Crippen molar-refractivity contribution in [1.29, 1.82) is 0 Å². The van der Waals surface area contributed by atoms with Crippen molar-refractivity contribution in [2.24, 2.45) is 0 Å². The number of carbonyl (C=O) groups is 2. The van der Waals surface area contributed by atoms with Gasteiger partial charge in [0.25, 0.3) is 0 Å². The molecule has 12 nitrogen and oxygen atoms in total. The number of rotatable bonds is 15. The van der Waals surface area contributed by atoms with Crippen molar-refractivity contribution in [3.8, 4) is 34.0 Å². The largest absolute Gasteiger partial charge is 0.508 e. The third kappa shape index (κ3) is 12.4. The highest BCUT2D eigenvalue weighted by Gasteiger charge is 2.22. The molecule has 2 atom stereocenters. The fourth-order valence-corrected chi connectivity index (χ4v) is 6.01. The number of hydrogen-bond acceptors (Lipinski definition) is 12. The SMILES string of the molecule is COC(=O)C(Cc1ccccc1)Nc1cc(-c2ccc(O)cc2)ncn1.COC(=O)C(Cc1ccccc1)Nc1cc(-c2ccc(OCc3ccccc3)cc2)ncn1. The van der Waals surface area contributed by atoms with Crippen molar-refractivity contribution in [2.75, 3.05) is 24.9 Å². The molecule has 2 heterocycles. The van der Waals surface area contributed by atoms with Crippen LogP contribution in [0.5, 0.6) is 11.5 Å². The van der Waals surface area contributed by atoms with Crippen LogP contribution in [0.4, 0.5) is 11.6 Å². The van der Waals surface area contributed by atoms with Crippen LogP contribution in [0.3, 0.4) is 0 Å². The van der Waals surface area contributed by atoms with Gasteiger partial charge in [0.05, 0.1) is 25.6 Å². The molecule has 12 heteroatoms. The maximum absolute atomic E-state index is 12.3. The molecular formula is C47H44N6O6. The highest BCUT2D eigenvalue weighted by atomic mass is 16.5. The Morgan fingerprint density at radius 3 is 1.37 bits per heavy atom. The van der Waals surface area contributed by atoms with Crippen LogP contribution in [0, 0.1) is 0 Å². The monoisotopic (exact) mass is 788 g/mol. The molecule has 2 unspecified atom stereocenters. The summed E-state index contributed by atoms with van der Waals surface area (Å²) in [5.41, 5.74) is 6.35. The summed E-state index contributed by atoms with van der Waals surface area (Å²) in [6, 6.07) is 46.4. The predicted molar refractivity (Wildman–Crippen MR) is 227 cm³/mol. The fourth-order valence-electron chi connectivity index (χ4n) is 6.01. The molecule has 7 rings (SSSR count).